The van der Waals surface area contributed by atoms with Gasteiger partial charge in [0.1, 0.15) is 11.5 Å². The van der Waals surface area contributed by atoms with Crippen LogP contribution in [0, 0.1) is 11.3 Å². The average molecular weight is 343 g/mol. The molecule has 0 saturated heterocycles. The Morgan fingerprint density at radius 3 is 2.50 bits per heavy atom. The third-order valence-corrected chi connectivity index (χ3v) is 2.77. The molecule has 0 aliphatic carbocycles. The van der Waals surface area contributed by atoms with E-state index in [2.05, 4.69) is 20.9 Å². The number of benzene rings is 1. The molecule has 3 nitrogen and oxygen atoms in total. The summed E-state index contributed by atoms with van der Waals surface area (Å²) in [6.45, 7) is 0. The lowest BCUT2D eigenvalue weighted by molar-refractivity contribution is -0.137. The van der Waals surface area contributed by atoms with Gasteiger partial charge in [-0.25, -0.2) is 0 Å². The minimum Gasteiger partial charge on any atom is -0.456 e. The first-order valence-corrected chi connectivity index (χ1v) is 6.09. The monoisotopic (exact) mass is 342 g/mol. The summed E-state index contributed by atoms with van der Waals surface area (Å²) in [4.78, 5) is 3.86. The molecule has 0 saturated carbocycles. The molecule has 0 spiro atoms. The molecular formula is C13H6BrF3N2O. The maximum atomic E-state index is 12.6. The zero-order chi connectivity index (χ0) is 14.8. The summed E-state index contributed by atoms with van der Waals surface area (Å²) >= 11 is 3.20. The zero-order valence-electron chi connectivity index (χ0n) is 9.78. The van der Waals surface area contributed by atoms with Crippen molar-refractivity contribution in [2.24, 2.45) is 0 Å². The summed E-state index contributed by atoms with van der Waals surface area (Å²) in [6, 6.07) is 6.14. The molecule has 0 bridgehead atoms. The molecule has 0 radical (unpaired) electrons. The predicted molar refractivity (Wildman–Crippen MR) is 68.2 cm³/mol. The molecule has 0 unspecified atom stereocenters. The summed E-state index contributed by atoms with van der Waals surface area (Å²) in [7, 11) is 0. The molecule has 20 heavy (non-hydrogen) atoms. The van der Waals surface area contributed by atoms with Gasteiger partial charge in [-0.1, -0.05) is 0 Å². The minimum absolute atomic E-state index is 0.134. The molecule has 0 N–H and O–H groups in total. The van der Waals surface area contributed by atoms with Crippen LogP contribution in [0.1, 0.15) is 11.1 Å². The van der Waals surface area contributed by atoms with Gasteiger partial charge in [-0.15, -0.1) is 0 Å². The van der Waals surface area contributed by atoms with E-state index in [1.807, 2.05) is 0 Å². The Kier molecular flexibility index (Phi) is 3.95. The van der Waals surface area contributed by atoms with Crippen molar-refractivity contribution in [3.05, 3.63) is 52.3 Å². The highest BCUT2D eigenvalue weighted by Crippen LogP contribution is 2.34. The molecule has 0 amide bonds. The molecule has 1 aromatic carbocycles. The van der Waals surface area contributed by atoms with Crippen molar-refractivity contribution in [1.29, 1.82) is 5.26 Å². The smallest absolute Gasteiger partial charge is 0.417 e. The average Bonchev–Trinajstić information content (AvgIpc) is 2.37. The number of alkyl halides is 3. The summed E-state index contributed by atoms with van der Waals surface area (Å²) < 4.78 is 43.9. The van der Waals surface area contributed by atoms with Crippen molar-refractivity contribution in [3.63, 3.8) is 0 Å². The molecule has 7 heteroatoms. The van der Waals surface area contributed by atoms with Crippen molar-refractivity contribution in [1.82, 2.24) is 4.98 Å². The Morgan fingerprint density at radius 1 is 1.15 bits per heavy atom. The third kappa shape index (κ3) is 3.27. The lowest BCUT2D eigenvalue weighted by atomic mass is 10.1. The second-order valence-electron chi connectivity index (χ2n) is 3.76. The Balaban J connectivity index is 2.34. The van der Waals surface area contributed by atoms with Crippen molar-refractivity contribution < 1.29 is 17.9 Å². The van der Waals surface area contributed by atoms with Crippen LogP contribution in [0.4, 0.5) is 13.2 Å². The summed E-state index contributed by atoms with van der Waals surface area (Å²) in [5, 5.41) is 8.79. The molecule has 0 aliphatic rings. The van der Waals surface area contributed by atoms with Crippen LogP contribution in [-0.2, 0) is 6.18 Å². The van der Waals surface area contributed by atoms with Gasteiger partial charge in [0, 0.05) is 10.7 Å². The maximum absolute atomic E-state index is 12.6. The largest absolute Gasteiger partial charge is 0.456 e. The molecule has 2 rings (SSSR count). The van der Waals surface area contributed by atoms with Crippen LogP contribution >= 0.6 is 15.9 Å². The molecule has 1 aromatic heterocycles. The van der Waals surface area contributed by atoms with E-state index >= 15 is 0 Å². The van der Waals surface area contributed by atoms with Crippen molar-refractivity contribution in [3.8, 4) is 17.6 Å². The third-order valence-electron chi connectivity index (χ3n) is 2.33. The number of nitrogens with zero attached hydrogens (tertiary/aromatic N) is 2. The van der Waals surface area contributed by atoms with Gasteiger partial charge >= 0.3 is 6.18 Å². The van der Waals surface area contributed by atoms with Gasteiger partial charge in [-0.3, -0.25) is 4.98 Å². The van der Waals surface area contributed by atoms with Gasteiger partial charge in [-0.2, -0.15) is 18.4 Å². The van der Waals surface area contributed by atoms with Crippen LogP contribution in [0.25, 0.3) is 0 Å². The fourth-order valence-electron chi connectivity index (χ4n) is 1.51. The highest BCUT2D eigenvalue weighted by Gasteiger charge is 2.33. The van der Waals surface area contributed by atoms with Crippen molar-refractivity contribution >= 4 is 15.9 Å². The van der Waals surface area contributed by atoms with Crippen molar-refractivity contribution in [2.45, 2.75) is 6.18 Å². The molecule has 1 heterocycles. The first-order chi connectivity index (χ1) is 9.40. The number of hydrogen-bond donors (Lipinski definition) is 0. The Labute approximate surface area is 120 Å². The molecule has 0 aliphatic heterocycles. The van der Waals surface area contributed by atoms with E-state index in [-0.39, 0.29) is 5.75 Å². The number of halogens is 4. The van der Waals surface area contributed by atoms with Crippen LogP contribution in [-0.4, -0.2) is 4.98 Å². The van der Waals surface area contributed by atoms with Crippen LogP contribution < -0.4 is 4.74 Å². The fraction of sp³-hybridized carbons (Fsp3) is 0.0769. The standard InChI is InChI=1S/C13H6BrF3N2O/c14-9-4-11(7-19-6-9)20-10-1-2-12(13(15,16)17)8(3-10)5-18/h1-4,6-7H. The SMILES string of the molecule is N#Cc1cc(Oc2cncc(Br)c2)ccc1C(F)(F)F. The lowest BCUT2D eigenvalue weighted by Crippen LogP contribution is -2.07. The normalized spacial score (nSPS) is 10.9. The van der Waals surface area contributed by atoms with Gasteiger partial charge in [0.15, 0.2) is 0 Å². The van der Waals surface area contributed by atoms with Crippen LogP contribution in [0.5, 0.6) is 11.5 Å². The zero-order valence-corrected chi connectivity index (χ0v) is 11.4. The number of hydrogen-bond acceptors (Lipinski definition) is 3. The summed E-state index contributed by atoms with van der Waals surface area (Å²) in [6.07, 6.45) is -1.62. The topological polar surface area (TPSA) is 45.9 Å². The van der Waals surface area contributed by atoms with E-state index in [0.717, 1.165) is 18.2 Å². The first-order valence-electron chi connectivity index (χ1n) is 5.30. The number of rotatable bonds is 2. The Bertz CT molecular complexity index is 680. The lowest BCUT2D eigenvalue weighted by Gasteiger charge is -2.11. The predicted octanol–water partition coefficient (Wildman–Crippen LogP) is 4.53. The van der Waals surface area contributed by atoms with Gasteiger partial charge in [0.05, 0.1) is 23.4 Å². The van der Waals surface area contributed by atoms with E-state index in [4.69, 9.17) is 10.00 Å². The summed E-state index contributed by atoms with van der Waals surface area (Å²) in [5.74, 6) is 0.484. The number of aromatic nitrogens is 1. The van der Waals surface area contributed by atoms with Gasteiger partial charge in [0.25, 0.3) is 0 Å². The van der Waals surface area contributed by atoms with E-state index in [1.54, 1.807) is 12.3 Å². The van der Waals surface area contributed by atoms with Crippen LogP contribution in [0.2, 0.25) is 0 Å². The van der Waals surface area contributed by atoms with Crippen molar-refractivity contribution in [2.75, 3.05) is 0 Å². The molecule has 102 valence electrons. The minimum atomic E-state index is -4.57. The fourth-order valence-corrected chi connectivity index (χ4v) is 1.85. The van der Waals surface area contributed by atoms with Crippen LogP contribution in [0.3, 0.4) is 0 Å². The number of ether oxygens (including phenoxy) is 1. The molecule has 0 atom stereocenters. The molecule has 2 aromatic rings. The highest BCUT2D eigenvalue weighted by molar-refractivity contribution is 9.10. The molecular weight excluding hydrogens is 337 g/mol. The van der Waals surface area contributed by atoms with Crippen LogP contribution in [0.15, 0.2) is 41.1 Å². The number of nitriles is 1. The van der Waals surface area contributed by atoms with E-state index in [9.17, 15) is 13.2 Å². The quantitative estimate of drug-likeness (QED) is 0.805. The molecule has 0 fully saturated rings. The van der Waals surface area contributed by atoms with E-state index in [1.165, 1.54) is 12.3 Å². The second kappa shape index (κ2) is 5.51. The Morgan fingerprint density at radius 2 is 1.90 bits per heavy atom. The second-order valence-corrected chi connectivity index (χ2v) is 4.67. The van der Waals surface area contributed by atoms with Gasteiger partial charge in [0.2, 0.25) is 0 Å². The Hall–Kier alpha value is -2.07. The first kappa shape index (κ1) is 14.3. The van der Waals surface area contributed by atoms with E-state index in [0.29, 0.717) is 10.2 Å². The number of pyridine rings is 1. The highest BCUT2D eigenvalue weighted by atomic mass is 79.9. The van der Waals surface area contributed by atoms with Gasteiger partial charge in [-0.05, 0) is 40.2 Å². The maximum Gasteiger partial charge on any atom is 0.417 e. The van der Waals surface area contributed by atoms with Gasteiger partial charge < -0.3 is 4.74 Å². The van der Waals surface area contributed by atoms with E-state index < -0.39 is 17.3 Å². The summed E-state index contributed by atoms with van der Waals surface area (Å²) in [5.41, 5.74) is -1.47.